The lowest BCUT2D eigenvalue weighted by Crippen LogP contribution is -2.49. The van der Waals surface area contributed by atoms with Crippen molar-refractivity contribution in [2.24, 2.45) is 0 Å². The highest BCUT2D eigenvalue weighted by molar-refractivity contribution is 5.97. The number of nitrogens with one attached hydrogen (secondary N) is 1. The van der Waals surface area contributed by atoms with Gasteiger partial charge in [-0.2, -0.15) is 0 Å². The molecule has 0 spiro atoms. The van der Waals surface area contributed by atoms with Gasteiger partial charge >= 0.3 is 0 Å². The molecule has 6 nitrogen and oxygen atoms in total. The normalized spacial score (nSPS) is 17.6. The number of rotatable bonds is 3. The van der Waals surface area contributed by atoms with Crippen molar-refractivity contribution in [1.82, 2.24) is 15.2 Å². The number of aromatic nitrogens is 1. The fourth-order valence-electron chi connectivity index (χ4n) is 2.92. The first-order valence-electron chi connectivity index (χ1n) is 7.80. The molecular weight excluding hydrogens is 313 g/mol. The quantitative estimate of drug-likeness (QED) is 0.936. The van der Waals surface area contributed by atoms with Gasteiger partial charge in [-0.15, -0.1) is 0 Å². The molecule has 1 atom stereocenters. The summed E-state index contributed by atoms with van der Waals surface area (Å²) in [5, 5.41) is 2.85. The molecule has 24 heavy (non-hydrogen) atoms. The Morgan fingerprint density at radius 1 is 1.33 bits per heavy atom. The number of amides is 2. The number of piperidine rings is 1. The fraction of sp³-hybridized carbons (Fsp3) is 0.353. The minimum atomic E-state index is -0.361. The maximum absolute atomic E-state index is 13.1. The van der Waals surface area contributed by atoms with Crippen molar-refractivity contribution in [2.45, 2.75) is 25.8 Å². The van der Waals surface area contributed by atoms with Gasteiger partial charge in [0.1, 0.15) is 5.82 Å². The van der Waals surface area contributed by atoms with Crippen LogP contribution < -0.4 is 5.32 Å². The third-order valence-electron chi connectivity index (χ3n) is 3.99. The Bertz CT molecular complexity index is 742. The second-order valence-electron chi connectivity index (χ2n) is 5.83. The molecule has 126 valence electrons. The molecule has 1 aromatic heterocycles. The van der Waals surface area contributed by atoms with Gasteiger partial charge in [0.2, 0.25) is 5.91 Å². The van der Waals surface area contributed by atoms with E-state index in [-0.39, 0.29) is 29.4 Å². The molecule has 1 fully saturated rings. The van der Waals surface area contributed by atoms with Crippen LogP contribution in [0.4, 0.5) is 4.39 Å². The number of carbonyl (C=O) groups is 2. The number of hydrogen-bond donors (Lipinski definition) is 1. The molecule has 7 heteroatoms. The van der Waals surface area contributed by atoms with Crippen LogP contribution in [0.5, 0.6) is 0 Å². The van der Waals surface area contributed by atoms with Crippen LogP contribution in [0.25, 0.3) is 11.3 Å². The Morgan fingerprint density at radius 3 is 2.79 bits per heavy atom. The molecule has 1 aliphatic rings. The largest absolute Gasteiger partial charge is 0.443 e. The van der Waals surface area contributed by atoms with Crippen LogP contribution in [-0.4, -0.2) is 40.8 Å². The molecule has 1 N–H and O–H groups in total. The lowest BCUT2D eigenvalue weighted by molar-refractivity contribution is -0.120. The minimum Gasteiger partial charge on any atom is -0.443 e. The predicted molar refractivity (Wildman–Crippen MR) is 84.6 cm³/mol. The molecule has 2 amide bonds. The predicted octanol–water partition coefficient (Wildman–Crippen LogP) is 2.22. The number of halogens is 1. The highest BCUT2D eigenvalue weighted by Gasteiger charge is 2.28. The van der Waals surface area contributed by atoms with E-state index in [4.69, 9.17) is 4.42 Å². The van der Waals surface area contributed by atoms with Gasteiger partial charge in [0.05, 0.1) is 0 Å². The summed E-state index contributed by atoms with van der Waals surface area (Å²) >= 11 is 0. The monoisotopic (exact) mass is 331 g/mol. The summed E-state index contributed by atoms with van der Waals surface area (Å²) in [6, 6.07) is 5.65. The molecular formula is C17H18FN3O3. The molecule has 1 aromatic carbocycles. The average Bonchev–Trinajstić information content (AvgIpc) is 3.04. The molecule has 0 aliphatic carbocycles. The number of likely N-dealkylation sites (tertiary alicyclic amines) is 1. The van der Waals surface area contributed by atoms with Crippen LogP contribution in [0.15, 0.2) is 35.1 Å². The second kappa shape index (κ2) is 6.82. The van der Waals surface area contributed by atoms with Gasteiger partial charge in [-0.1, -0.05) is 0 Å². The highest BCUT2D eigenvalue weighted by atomic mass is 19.1. The van der Waals surface area contributed by atoms with Gasteiger partial charge < -0.3 is 14.6 Å². The summed E-state index contributed by atoms with van der Waals surface area (Å²) in [5.74, 6) is -0.400. The number of benzene rings is 1. The molecule has 0 radical (unpaired) electrons. The topological polar surface area (TPSA) is 75.4 Å². The molecule has 2 aromatic rings. The number of oxazole rings is 1. The zero-order chi connectivity index (χ0) is 17.1. The third kappa shape index (κ3) is 3.45. The Morgan fingerprint density at radius 2 is 2.08 bits per heavy atom. The third-order valence-corrected chi connectivity index (χ3v) is 3.99. The second-order valence-corrected chi connectivity index (χ2v) is 5.83. The summed E-state index contributed by atoms with van der Waals surface area (Å²) in [6.07, 6.45) is 2.86. The van der Waals surface area contributed by atoms with E-state index in [1.807, 2.05) is 0 Å². The van der Waals surface area contributed by atoms with E-state index < -0.39 is 0 Å². The number of carbonyl (C=O) groups excluding carboxylic acids is 2. The zero-order valence-corrected chi connectivity index (χ0v) is 13.3. The van der Waals surface area contributed by atoms with Crippen LogP contribution in [-0.2, 0) is 4.79 Å². The molecule has 1 aliphatic heterocycles. The maximum Gasteiger partial charge on any atom is 0.276 e. The lowest BCUT2D eigenvalue weighted by atomic mass is 10.0. The van der Waals surface area contributed by atoms with Crippen molar-refractivity contribution >= 4 is 11.8 Å². The van der Waals surface area contributed by atoms with Crippen LogP contribution in [0.3, 0.4) is 0 Å². The van der Waals surface area contributed by atoms with Crippen molar-refractivity contribution in [3.63, 3.8) is 0 Å². The fourth-order valence-corrected chi connectivity index (χ4v) is 2.92. The van der Waals surface area contributed by atoms with Crippen LogP contribution in [0.1, 0.15) is 30.3 Å². The molecule has 0 bridgehead atoms. The van der Waals surface area contributed by atoms with Gasteiger partial charge in [0.15, 0.2) is 17.8 Å². The Labute approximate surface area is 138 Å². The van der Waals surface area contributed by atoms with Crippen molar-refractivity contribution in [3.8, 4) is 11.3 Å². The van der Waals surface area contributed by atoms with E-state index >= 15 is 0 Å². The minimum absolute atomic E-state index is 0.0543. The van der Waals surface area contributed by atoms with Crippen molar-refractivity contribution in [3.05, 3.63) is 42.2 Å². The van der Waals surface area contributed by atoms with Crippen molar-refractivity contribution < 1.29 is 18.4 Å². The van der Waals surface area contributed by atoms with Crippen LogP contribution in [0.2, 0.25) is 0 Å². The first kappa shape index (κ1) is 16.2. The van der Waals surface area contributed by atoms with E-state index in [0.717, 1.165) is 12.8 Å². The van der Waals surface area contributed by atoms with Gasteiger partial charge in [-0.3, -0.25) is 9.59 Å². The number of hydrogen-bond acceptors (Lipinski definition) is 4. The molecule has 1 unspecified atom stereocenters. The first-order chi connectivity index (χ1) is 11.5. The lowest BCUT2D eigenvalue weighted by Gasteiger charge is -2.32. The van der Waals surface area contributed by atoms with E-state index in [2.05, 4.69) is 10.3 Å². The van der Waals surface area contributed by atoms with Gasteiger partial charge in [-0.25, -0.2) is 9.37 Å². The van der Waals surface area contributed by atoms with Crippen LogP contribution >= 0.6 is 0 Å². The Balaban J connectivity index is 1.79. The maximum atomic E-state index is 13.1. The summed E-state index contributed by atoms with van der Waals surface area (Å²) < 4.78 is 18.4. The molecule has 1 saturated heterocycles. The number of nitrogens with zero attached hydrogens (tertiary/aromatic N) is 2. The van der Waals surface area contributed by atoms with Gasteiger partial charge in [0.25, 0.3) is 5.91 Å². The average molecular weight is 331 g/mol. The van der Waals surface area contributed by atoms with Gasteiger partial charge in [0, 0.05) is 31.6 Å². The molecule has 0 saturated carbocycles. The van der Waals surface area contributed by atoms with Gasteiger partial charge in [-0.05, 0) is 37.1 Å². The summed E-state index contributed by atoms with van der Waals surface area (Å²) in [7, 11) is 0. The SMILES string of the molecule is CC(=O)NC1CCCN(C(=O)c2ncoc2-c2ccc(F)cc2)C1. The van der Waals surface area contributed by atoms with Crippen molar-refractivity contribution in [1.29, 1.82) is 0 Å². The summed E-state index contributed by atoms with van der Waals surface area (Å²) in [5.41, 5.74) is 0.790. The Kier molecular flexibility index (Phi) is 4.59. The van der Waals surface area contributed by atoms with E-state index in [1.165, 1.54) is 25.5 Å². The van der Waals surface area contributed by atoms with E-state index in [1.54, 1.807) is 17.0 Å². The smallest absolute Gasteiger partial charge is 0.276 e. The first-order valence-corrected chi connectivity index (χ1v) is 7.80. The Hall–Kier alpha value is -2.70. The van der Waals surface area contributed by atoms with Crippen LogP contribution in [0, 0.1) is 5.82 Å². The standard InChI is InChI=1S/C17H18FN3O3/c1-11(22)20-14-3-2-8-21(9-14)17(23)15-16(24-10-19-15)12-4-6-13(18)7-5-12/h4-7,10,14H,2-3,8-9H2,1H3,(H,20,22). The summed E-state index contributed by atoms with van der Waals surface area (Å²) in [4.78, 5) is 29.7. The molecule has 3 rings (SSSR count). The highest BCUT2D eigenvalue weighted by Crippen LogP contribution is 2.25. The molecule has 2 heterocycles. The van der Waals surface area contributed by atoms with E-state index in [9.17, 15) is 14.0 Å². The zero-order valence-electron chi connectivity index (χ0n) is 13.3. The summed E-state index contributed by atoms with van der Waals surface area (Å²) in [6.45, 7) is 2.50. The van der Waals surface area contributed by atoms with E-state index in [0.29, 0.717) is 24.4 Å². The van der Waals surface area contributed by atoms with Crippen molar-refractivity contribution in [2.75, 3.05) is 13.1 Å².